The van der Waals surface area contributed by atoms with Crippen molar-refractivity contribution in [2.45, 2.75) is 6.18 Å². The highest BCUT2D eigenvalue weighted by Gasteiger charge is 2.30. The first-order valence-electron chi connectivity index (χ1n) is 6.44. The number of nitrogens with one attached hydrogen (secondary N) is 1. The topological polar surface area (TPSA) is 67.5 Å². The average molecular weight is 360 g/mol. The number of nitrogens with two attached hydrogens (primary N) is 1. The summed E-state index contributed by atoms with van der Waals surface area (Å²) in [4.78, 5) is 15.6. The highest BCUT2D eigenvalue weighted by atomic mass is 35.5. The van der Waals surface area contributed by atoms with Gasteiger partial charge >= 0.3 is 6.18 Å². The first kappa shape index (κ1) is 17.7. The predicted octanol–water partition coefficient (Wildman–Crippen LogP) is 3.87. The van der Waals surface area contributed by atoms with Crippen LogP contribution in [0.25, 0.3) is 0 Å². The van der Waals surface area contributed by atoms with Gasteiger partial charge in [0.25, 0.3) is 5.91 Å². The molecule has 0 radical (unpaired) electrons. The molecule has 0 bridgehead atoms. The predicted molar refractivity (Wildman–Crippen MR) is 81.6 cm³/mol. The molecule has 0 atom stereocenters. The zero-order chi connectivity index (χ0) is 17.9. The second-order valence-electron chi connectivity index (χ2n) is 4.65. The molecule has 0 aliphatic carbocycles. The number of alkyl halides is 3. The van der Waals surface area contributed by atoms with Crippen LogP contribution in [0.5, 0.6) is 0 Å². The number of amides is 1. The molecule has 0 aliphatic heterocycles. The Morgan fingerprint density at radius 3 is 2.29 bits per heavy atom. The molecular formula is C15H10ClF4N3O. The number of benzene rings is 2. The number of nitrogens with zero attached hydrogens (tertiary/aromatic N) is 1. The molecule has 2 aromatic rings. The molecule has 2 rings (SSSR count). The Bertz CT molecular complexity index is 768. The van der Waals surface area contributed by atoms with Crippen LogP contribution in [0.2, 0.25) is 5.02 Å². The van der Waals surface area contributed by atoms with E-state index in [1.165, 1.54) is 6.07 Å². The second-order valence-corrected chi connectivity index (χ2v) is 5.09. The van der Waals surface area contributed by atoms with E-state index in [0.717, 1.165) is 36.4 Å². The lowest BCUT2D eigenvalue weighted by Gasteiger charge is -2.08. The fourth-order valence-electron chi connectivity index (χ4n) is 1.77. The van der Waals surface area contributed by atoms with Gasteiger partial charge in [0, 0.05) is 10.6 Å². The summed E-state index contributed by atoms with van der Waals surface area (Å²) in [5, 5.41) is 2.28. The molecular weight excluding hydrogens is 350 g/mol. The Balaban J connectivity index is 2.12. The molecule has 0 heterocycles. The van der Waals surface area contributed by atoms with Gasteiger partial charge in [-0.1, -0.05) is 11.6 Å². The summed E-state index contributed by atoms with van der Waals surface area (Å²) >= 11 is 5.66. The highest BCUT2D eigenvalue weighted by Crippen LogP contribution is 2.29. The molecule has 0 spiro atoms. The van der Waals surface area contributed by atoms with E-state index in [-0.39, 0.29) is 22.2 Å². The Labute approximate surface area is 138 Å². The van der Waals surface area contributed by atoms with Gasteiger partial charge in [0.1, 0.15) is 5.82 Å². The first-order chi connectivity index (χ1) is 11.1. The third-order valence-electron chi connectivity index (χ3n) is 2.81. The van der Waals surface area contributed by atoms with Crippen molar-refractivity contribution in [3.8, 4) is 0 Å². The molecule has 4 nitrogen and oxygen atoms in total. The monoisotopic (exact) mass is 359 g/mol. The number of rotatable bonds is 2. The van der Waals surface area contributed by atoms with E-state index in [1.54, 1.807) is 0 Å². The second kappa shape index (κ2) is 6.88. The molecule has 2 aromatic carbocycles. The number of halogens is 5. The number of hydrogen-bond donors (Lipinski definition) is 2. The van der Waals surface area contributed by atoms with Crippen LogP contribution in [-0.2, 0) is 6.18 Å². The summed E-state index contributed by atoms with van der Waals surface area (Å²) < 4.78 is 50.5. The molecule has 0 aromatic heterocycles. The van der Waals surface area contributed by atoms with Crippen molar-refractivity contribution in [3.63, 3.8) is 0 Å². The van der Waals surface area contributed by atoms with E-state index < -0.39 is 23.5 Å². The molecule has 0 saturated carbocycles. The van der Waals surface area contributed by atoms with E-state index in [9.17, 15) is 22.4 Å². The number of carbonyl (C=O) groups excluding carboxylic acids is 1. The summed E-state index contributed by atoms with van der Waals surface area (Å²) in [7, 11) is 0. The van der Waals surface area contributed by atoms with Crippen LogP contribution in [0.1, 0.15) is 15.9 Å². The van der Waals surface area contributed by atoms with Gasteiger partial charge in [0.05, 0.1) is 11.3 Å². The smallest absolute Gasteiger partial charge is 0.369 e. The van der Waals surface area contributed by atoms with E-state index in [4.69, 9.17) is 17.3 Å². The number of guanidine groups is 1. The molecule has 0 aliphatic rings. The zero-order valence-corrected chi connectivity index (χ0v) is 12.6. The van der Waals surface area contributed by atoms with Crippen LogP contribution >= 0.6 is 11.6 Å². The Hall–Kier alpha value is -2.61. The van der Waals surface area contributed by atoms with Gasteiger partial charge in [0.15, 0.2) is 0 Å². The van der Waals surface area contributed by atoms with Crippen molar-refractivity contribution in [1.29, 1.82) is 0 Å². The number of carbonyl (C=O) groups is 1. The van der Waals surface area contributed by atoms with Crippen molar-refractivity contribution < 1.29 is 22.4 Å². The average Bonchev–Trinajstić information content (AvgIpc) is 2.45. The molecule has 126 valence electrons. The summed E-state index contributed by atoms with van der Waals surface area (Å²) in [5.41, 5.74) is 4.67. The third-order valence-corrected chi connectivity index (χ3v) is 3.03. The van der Waals surface area contributed by atoms with Crippen molar-refractivity contribution in [1.82, 2.24) is 5.32 Å². The van der Waals surface area contributed by atoms with Crippen molar-refractivity contribution in [2.75, 3.05) is 0 Å². The molecule has 1 amide bonds. The maximum absolute atomic E-state index is 13.2. The lowest BCUT2D eigenvalue weighted by atomic mass is 10.1. The lowest BCUT2D eigenvalue weighted by molar-refractivity contribution is -0.137. The Morgan fingerprint density at radius 2 is 1.75 bits per heavy atom. The maximum Gasteiger partial charge on any atom is 0.416 e. The quantitative estimate of drug-likeness (QED) is 0.485. The summed E-state index contributed by atoms with van der Waals surface area (Å²) in [6.07, 6.45) is -4.49. The van der Waals surface area contributed by atoms with Crippen LogP contribution in [0.15, 0.2) is 47.5 Å². The number of hydrogen-bond acceptors (Lipinski definition) is 2. The molecule has 3 N–H and O–H groups in total. The normalized spacial score (nSPS) is 12.1. The molecule has 0 saturated heterocycles. The van der Waals surface area contributed by atoms with Gasteiger partial charge < -0.3 is 5.73 Å². The van der Waals surface area contributed by atoms with E-state index in [2.05, 4.69) is 10.3 Å². The SMILES string of the molecule is NC(=Nc1cc(F)cc(Cl)c1)NC(=O)c1ccc(C(F)(F)F)cc1. The van der Waals surface area contributed by atoms with Crippen LogP contribution in [0.3, 0.4) is 0 Å². The number of aliphatic imine (C=N–C) groups is 1. The molecule has 9 heteroatoms. The van der Waals surface area contributed by atoms with Gasteiger partial charge in [-0.25, -0.2) is 9.38 Å². The first-order valence-corrected chi connectivity index (χ1v) is 6.82. The zero-order valence-electron chi connectivity index (χ0n) is 11.9. The van der Waals surface area contributed by atoms with Crippen LogP contribution in [-0.4, -0.2) is 11.9 Å². The Kier molecular flexibility index (Phi) is 5.08. The summed E-state index contributed by atoms with van der Waals surface area (Å²) in [5.74, 6) is -1.75. The van der Waals surface area contributed by atoms with Crippen LogP contribution < -0.4 is 11.1 Å². The Morgan fingerprint density at radius 1 is 1.12 bits per heavy atom. The maximum atomic E-state index is 13.2. The minimum atomic E-state index is -4.49. The largest absolute Gasteiger partial charge is 0.416 e. The van der Waals surface area contributed by atoms with Gasteiger partial charge in [0.2, 0.25) is 5.96 Å². The van der Waals surface area contributed by atoms with Gasteiger partial charge in [-0.2, -0.15) is 13.2 Å². The van der Waals surface area contributed by atoms with Gasteiger partial charge in [-0.3, -0.25) is 10.1 Å². The van der Waals surface area contributed by atoms with Gasteiger partial charge in [-0.15, -0.1) is 0 Å². The van der Waals surface area contributed by atoms with Crippen LogP contribution in [0, 0.1) is 5.82 Å². The fraction of sp³-hybridized carbons (Fsp3) is 0.0667. The van der Waals surface area contributed by atoms with Crippen molar-refractivity contribution in [2.24, 2.45) is 10.7 Å². The minimum Gasteiger partial charge on any atom is -0.369 e. The summed E-state index contributed by atoms with van der Waals surface area (Å²) in [6, 6.07) is 6.99. The minimum absolute atomic E-state index is 0.0431. The standard InChI is InChI=1S/C15H10ClF4N3O/c16-10-5-11(17)7-12(6-10)22-14(21)23-13(24)8-1-3-9(4-2-8)15(18,19)20/h1-7H,(H3,21,22,23,24). The van der Waals surface area contributed by atoms with Gasteiger partial charge in [-0.05, 0) is 42.5 Å². The van der Waals surface area contributed by atoms with Crippen molar-refractivity contribution in [3.05, 3.63) is 64.4 Å². The van der Waals surface area contributed by atoms with E-state index in [1.807, 2.05) is 0 Å². The molecule has 24 heavy (non-hydrogen) atoms. The van der Waals surface area contributed by atoms with Crippen LogP contribution in [0.4, 0.5) is 23.2 Å². The lowest BCUT2D eigenvalue weighted by Crippen LogP contribution is -2.36. The third kappa shape index (κ3) is 4.69. The van der Waals surface area contributed by atoms with E-state index >= 15 is 0 Å². The van der Waals surface area contributed by atoms with E-state index in [0.29, 0.717) is 0 Å². The fourth-order valence-corrected chi connectivity index (χ4v) is 1.99. The molecule has 0 fully saturated rings. The summed E-state index contributed by atoms with van der Waals surface area (Å²) in [6.45, 7) is 0. The van der Waals surface area contributed by atoms with Crippen molar-refractivity contribution >= 4 is 29.2 Å². The highest BCUT2D eigenvalue weighted by molar-refractivity contribution is 6.30. The molecule has 0 unspecified atom stereocenters.